The lowest BCUT2D eigenvalue weighted by Crippen LogP contribution is -2.04. The molecular formula is C11H7Cl3N4O2. The Bertz CT molecular complexity index is 694. The highest BCUT2D eigenvalue weighted by molar-refractivity contribution is 6.35. The zero-order valence-electron chi connectivity index (χ0n) is 10.0. The van der Waals surface area contributed by atoms with E-state index in [1.165, 1.54) is 13.0 Å². The molecule has 104 valence electrons. The summed E-state index contributed by atoms with van der Waals surface area (Å²) in [6.45, 7) is 1.47. The first-order valence-corrected chi connectivity index (χ1v) is 6.42. The Morgan fingerprint density at radius 2 is 1.95 bits per heavy atom. The maximum absolute atomic E-state index is 11.1. The first-order valence-electron chi connectivity index (χ1n) is 5.29. The van der Waals surface area contributed by atoms with Crippen molar-refractivity contribution in [2.24, 2.45) is 0 Å². The van der Waals surface area contributed by atoms with Crippen LogP contribution in [0.1, 0.15) is 5.69 Å². The van der Waals surface area contributed by atoms with Gasteiger partial charge in [-0.15, -0.1) is 0 Å². The van der Waals surface area contributed by atoms with Crippen molar-refractivity contribution in [3.8, 4) is 0 Å². The van der Waals surface area contributed by atoms with E-state index in [9.17, 15) is 10.1 Å². The molecule has 0 saturated heterocycles. The molecule has 2 rings (SSSR count). The molecule has 9 heteroatoms. The van der Waals surface area contributed by atoms with Crippen LogP contribution in [0.5, 0.6) is 0 Å². The summed E-state index contributed by atoms with van der Waals surface area (Å²) in [5.74, 6) is -0.0448. The summed E-state index contributed by atoms with van der Waals surface area (Å²) in [6, 6.07) is 4.69. The van der Waals surface area contributed by atoms with Crippen LogP contribution >= 0.6 is 34.8 Å². The normalized spacial score (nSPS) is 10.4. The second-order valence-electron chi connectivity index (χ2n) is 3.78. The minimum Gasteiger partial charge on any atom is -0.333 e. The average Bonchev–Trinajstić information content (AvgIpc) is 2.32. The summed E-state index contributed by atoms with van der Waals surface area (Å²) >= 11 is 17.6. The van der Waals surface area contributed by atoms with E-state index in [-0.39, 0.29) is 22.5 Å². The number of anilines is 2. The van der Waals surface area contributed by atoms with E-state index in [1.807, 2.05) is 0 Å². The van der Waals surface area contributed by atoms with Gasteiger partial charge in [0, 0.05) is 5.02 Å². The minimum absolute atomic E-state index is 0.0448. The fraction of sp³-hybridized carbons (Fsp3) is 0.0909. The third-order valence-electron chi connectivity index (χ3n) is 2.40. The van der Waals surface area contributed by atoms with Gasteiger partial charge in [0.2, 0.25) is 11.1 Å². The number of rotatable bonds is 3. The lowest BCUT2D eigenvalue weighted by molar-refractivity contribution is -0.385. The van der Waals surface area contributed by atoms with Gasteiger partial charge in [-0.05, 0) is 36.7 Å². The molecule has 1 aromatic heterocycles. The van der Waals surface area contributed by atoms with E-state index < -0.39 is 4.92 Å². The van der Waals surface area contributed by atoms with Crippen LogP contribution in [0, 0.1) is 17.0 Å². The number of aryl methyl sites for hydroxylation is 1. The Hall–Kier alpha value is -1.63. The molecule has 1 heterocycles. The molecule has 0 fully saturated rings. The monoisotopic (exact) mass is 332 g/mol. The number of benzene rings is 1. The van der Waals surface area contributed by atoms with Gasteiger partial charge in [-0.1, -0.05) is 23.2 Å². The van der Waals surface area contributed by atoms with E-state index in [4.69, 9.17) is 34.8 Å². The van der Waals surface area contributed by atoms with Gasteiger partial charge in [0.05, 0.1) is 15.6 Å². The highest BCUT2D eigenvalue weighted by atomic mass is 35.5. The molecule has 20 heavy (non-hydrogen) atoms. The number of nitro groups is 1. The Kier molecular flexibility index (Phi) is 4.27. The van der Waals surface area contributed by atoms with Crippen LogP contribution < -0.4 is 5.32 Å². The van der Waals surface area contributed by atoms with Crippen molar-refractivity contribution in [1.82, 2.24) is 9.97 Å². The zero-order valence-corrected chi connectivity index (χ0v) is 12.3. The van der Waals surface area contributed by atoms with E-state index in [1.54, 1.807) is 12.1 Å². The Morgan fingerprint density at radius 3 is 2.60 bits per heavy atom. The molecule has 0 atom stereocenters. The topological polar surface area (TPSA) is 81.0 Å². The molecule has 0 aliphatic heterocycles. The Balaban J connectivity index is 2.53. The van der Waals surface area contributed by atoms with Gasteiger partial charge in [0.15, 0.2) is 0 Å². The second kappa shape index (κ2) is 5.78. The molecule has 0 bridgehead atoms. The van der Waals surface area contributed by atoms with Crippen molar-refractivity contribution in [3.63, 3.8) is 0 Å². The molecule has 0 aliphatic rings. The number of hydrogen-bond acceptors (Lipinski definition) is 5. The van der Waals surface area contributed by atoms with E-state index >= 15 is 0 Å². The molecule has 2 aromatic rings. The quantitative estimate of drug-likeness (QED) is 0.511. The fourth-order valence-electron chi connectivity index (χ4n) is 1.56. The summed E-state index contributed by atoms with van der Waals surface area (Å²) in [6.07, 6.45) is 0. The third-order valence-corrected chi connectivity index (χ3v) is 3.13. The van der Waals surface area contributed by atoms with E-state index in [0.29, 0.717) is 15.7 Å². The first-order chi connectivity index (χ1) is 9.38. The lowest BCUT2D eigenvalue weighted by atomic mass is 10.3. The van der Waals surface area contributed by atoms with Crippen LogP contribution in [0.4, 0.5) is 17.2 Å². The predicted molar refractivity (Wildman–Crippen MR) is 78.2 cm³/mol. The van der Waals surface area contributed by atoms with E-state index in [2.05, 4.69) is 15.3 Å². The maximum atomic E-state index is 11.1. The molecule has 0 unspecified atom stereocenters. The molecule has 1 N–H and O–H groups in total. The summed E-state index contributed by atoms with van der Waals surface area (Å²) in [5, 5.41) is 14.5. The number of aromatic nitrogens is 2. The standard InChI is InChI=1S/C11H7Cl3N4O2/c1-5-9(18(19)20)10(17-11(14)15-5)16-8-4-6(12)2-3-7(8)13/h2-4H,1H3,(H,15,16,17). The third kappa shape index (κ3) is 3.09. The number of halogens is 3. The second-order valence-corrected chi connectivity index (χ2v) is 4.96. The maximum Gasteiger partial charge on any atom is 0.332 e. The fourth-order valence-corrected chi connectivity index (χ4v) is 2.11. The average molecular weight is 334 g/mol. The highest BCUT2D eigenvalue weighted by Gasteiger charge is 2.22. The molecular weight excluding hydrogens is 327 g/mol. The number of nitrogens with zero attached hydrogens (tertiary/aromatic N) is 3. The van der Waals surface area contributed by atoms with Gasteiger partial charge in [0.25, 0.3) is 0 Å². The van der Waals surface area contributed by atoms with E-state index in [0.717, 1.165) is 0 Å². The van der Waals surface area contributed by atoms with Gasteiger partial charge >= 0.3 is 5.69 Å². The van der Waals surface area contributed by atoms with Crippen LogP contribution in [0.3, 0.4) is 0 Å². The predicted octanol–water partition coefficient (Wildman–Crippen LogP) is 4.40. The smallest absolute Gasteiger partial charge is 0.332 e. The molecule has 0 saturated carbocycles. The first kappa shape index (κ1) is 14.8. The molecule has 1 aromatic carbocycles. The Labute approximate surface area is 128 Å². The van der Waals surface area contributed by atoms with Gasteiger partial charge in [0.1, 0.15) is 5.69 Å². The van der Waals surface area contributed by atoms with Crippen molar-refractivity contribution < 1.29 is 4.92 Å². The van der Waals surface area contributed by atoms with Crippen molar-refractivity contribution in [3.05, 3.63) is 49.3 Å². The minimum atomic E-state index is -0.591. The summed E-state index contributed by atoms with van der Waals surface area (Å²) in [4.78, 5) is 18.1. The summed E-state index contributed by atoms with van der Waals surface area (Å²) in [7, 11) is 0. The van der Waals surface area contributed by atoms with Crippen molar-refractivity contribution >= 4 is 52.0 Å². The molecule has 6 nitrogen and oxygen atoms in total. The van der Waals surface area contributed by atoms with Crippen molar-refractivity contribution in [2.75, 3.05) is 5.32 Å². The lowest BCUT2D eigenvalue weighted by Gasteiger charge is -2.09. The van der Waals surface area contributed by atoms with Crippen molar-refractivity contribution in [2.45, 2.75) is 6.92 Å². The van der Waals surface area contributed by atoms with Crippen LogP contribution in [-0.4, -0.2) is 14.9 Å². The molecule has 0 aliphatic carbocycles. The summed E-state index contributed by atoms with van der Waals surface area (Å²) < 4.78 is 0. The van der Waals surface area contributed by atoms with Crippen LogP contribution in [0.25, 0.3) is 0 Å². The van der Waals surface area contributed by atoms with Gasteiger partial charge in [-0.25, -0.2) is 4.98 Å². The summed E-state index contributed by atoms with van der Waals surface area (Å²) in [5.41, 5.74) is 0.262. The highest BCUT2D eigenvalue weighted by Crippen LogP contribution is 2.33. The van der Waals surface area contributed by atoms with Crippen molar-refractivity contribution in [1.29, 1.82) is 0 Å². The van der Waals surface area contributed by atoms with Crippen LogP contribution in [0.15, 0.2) is 18.2 Å². The van der Waals surface area contributed by atoms with Crippen LogP contribution in [-0.2, 0) is 0 Å². The van der Waals surface area contributed by atoms with Gasteiger partial charge in [-0.3, -0.25) is 10.1 Å². The zero-order chi connectivity index (χ0) is 14.9. The SMILES string of the molecule is Cc1nc(Cl)nc(Nc2cc(Cl)ccc2Cl)c1[N+](=O)[O-]. The largest absolute Gasteiger partial charge is 0.333 e. The molecule has 0 spiro atoms. The number of hydrogen-bond donors (Lipinski definition) is 1. The molecule has 0 amide bonds. The van der Waals surface area contributed by atoms with Crippen LogP contribution in [0.2, 0.25) is 15.3 Å². The Morgan fingerprint density at radius 1 is 1.25 bits per heavy atom. The number of nitrogens with one attached hydrogen (secondary N) is 1. The molecule has 0 radical (unpaired) electrons. The van der Waals surface area contributed by atoms with Gasteiger partial charge < -0.3 is 5.32 Å². The van der Waals surface area contributed by atoms with Gasteiger partial charge in [-0.2, -0.15) is 4.98 Å².